The molecule has 1 heterocycles. The molecule has 0 radical (unpaired) electrons. The van der Waals surface area contributed by atoms with E-state index in [1.807, 2.05) is 0 Å². The lowest BCUT2D eigenvalue weighted by Gasteiger charge is -2.42. The number of rotatable bonds is 7. The van der Waals surface area contributed by atoms with E-state index in [0.717, 1.165) is 13.1 Å². The second-order valence-corrected chi connectivity index (χ2v) is 6.11. The van der Waals surface area contributed by atoms with Crippen LogP contribution in [-0.4, -0.2) is 42.1 Å². The largest absolute Gasteiger partial charge is 0.368 e. The SMILES string of the molecule is CCCCCCCN1CC(CCl)OC(C)(C)C1. The summed E-state index contributed by atoms with van der Waals surface area (Å²) in [4.78, 5) is 2.52. The summed E-state index contributed by atoms with van der Waals surface area (Å²) < 4.78 is 5.92. The van der Waals surface area contributed by atoms with Crippen LogP contribution >= 0.6 is 11.6 Å². The number of halogens is 1. The summed E-state index contributed by atoms with van der Waals surface area (Å²) in [6.07, 6.45) is 6.94. The fourth-order valence-corrected chi connectivity index (χ4v) is 2.77. The molecule has 17 heavy (non-hydrogen) atoms. The second kappa shape index (κ2) is 7.60. The molecule has 0 spiro atoms. The average molecular weight is 262 g/mol. The molecular formula is C14H28ClNO. The van der Waals surface area contributed by atoms with Gasteiger partial charge in [-0.05, 0) is 26.8 Å². The minimum atomic E-state index is -0.0405. The summed E-state index contributed by atoms with van der Waals surface area (Å²) in [6, 6.07) is 0. The van der Waals surface area contributed by atoms with Gasteiger partial charge in [0, 0.05) is 19.0 Å². The number of ether oxygens (including phenoxy) is 1. The third-order valence-corrected chi connectivity index (χ3v) is 3.65. The van der Waals surface area contributed by atoms with Crippen molar-refractivity contribution < 1.29 is 4.74 Å². The number of hydrogen-bond donors (Lipinski definition) is 0. The van der Waals surface area contributed by atoms with Gasteiger partial charge in [-0.1, -0.05) is 32.6 Å². The molecule has 1 atom stereocenters. The van der Waals surface area contributed by atoms with Gasteiger partial charge in [-0.2, -0.15) is 0 Å². The summed E-state index contributed by atoms with van der Waals surface area (Å²) in [5.74, 6) is 0.607. The summed E-state index contributed by atoms with van der Waals surface area (Å²) in [6.45, 7) is 9.82. The Morgan fingerprint density at radius 3 is 2.59 bits per heavy atom. The summed E-state index contributed by atoms with van der Waals surface area (Å²) in [5, 5.41) is 0. The highest BCUT2D eigenvalue weighted by molar-refractivity contribution is 6.18. The van der Waals surface area contributed by atoms with E-state index in [0.29, 0.717) is 5.88 Å². The molecule has 1 aliphatic rings. The van der Waals surface area contributed by atoms with Gasteiger partial charge in [0.2, 0.25) is 0 Å². The molecule has 0 aromatic carbocycles. The third kappa shape index (κ3) is 6.08. The van der Waals surface area contributed by atoms with Crippen molar-refractivity contribution in [3.05, 3.63) is 0 Å². The van der Waals surface area contributed by atoms with Crippen LogP contribution < -0.4 is 0 Å². The highest BCUT2D eigenvalue weighted by Crippen LogP contribution is 2.22. The van der Waals surface area contributed by atoms with Crippen LogP contribution in [0.5, 0.6) is 0 Å². The Bertz CT molecular complexity index is 208. The number of alkyl halides is 1. The zero-order valence-corrected chi connectivity index (χ0v) is 12.4. The first-order valence-electron chi connectivity index (χ1n) is 7.03. The maximum absolute atomic E-state index is 5.92. The predicted molar refractivity (Wildman–Crippen MR) is 74.9 cm³/mol. The number of hydrogen-bond acceptors (Lipinski definition) is 2. The monoisotopic (exact) mass is 261 g/mol. The van der Waals surface area contributed by atoms with Gasteiger partial charge in [-0.25, -0.2) is 0 Å². The fourth-order valence-electron chi connectivity index (χ4n) is 2.61. The minimum absolute atomic E-state index is 0.0405. The third-order valence-electron chi connectivity index (χ3n) is 3.30. The fraction of sp³-hybridized carbons (Fsp3) is 1.00. The quantitative estimate of drug-likeness (QED) is 0.512. The molecular weight excluding hydrogens is 234 g/mol. The summed E-state index contributed by atoms with van der Waals surface area (Å²) in [5.41, 5.74) is -0.0405. The van der Waals surface area contributed by atoms with Crippen LogP contribution in [0.1, 0.15) is 52.9 Å². The van der Waals surface area contributed by atoms with Crippen LogP contribution in [-0.2, 0) is 4.74 Å². The summed E-state index contributed by atoms with van der Waals surface area (Å²) >= 11 is 5.92. The smallest absolute Gasteiger partial charge is 0.0844 e. The van der Waals surface area contributed by atoms with Crippen molar-refractivity contribution in [1.82, 2.24) is 4.90 Å². The Kier molecular flexibility index (Phi) is 6.83. The molecule has 0 N–H and O–H groups in total. The van der Waals surface area contributed by atoms with Gasteiger partial charge in [-0.15, -0.1) is 11.6 Å². The second-order valence-electron chi connectivity index (χ2n) is 5.80. The highest BCUT2D eigenvalue weighted by atomic mass is 35.5. The van der Waals surface area contributed by atoms with Crippen molar-refractivity contribution >= 4 is 11.6 Å². The van der Waals surface area contributed by atoms with Crippen molar-refractivity contribution in [3.8, 4) is 0 Å². The molecule has 1 fully saturated rings. The van der Waals surface area contributed by atoms with Crippen molar-refractivity contribution in [1.29, 1.82) is 0 Å². The molecule has 0 saturated carbocycles. The van der Waals surface area contributed by atoms with E-state index in [9.17, 15) is 0 Å². The Labute approximate surface area is 112 Å². The van der Waals surface area contributed by atoms with E-state index in [1.54, 1.807) is 0 Å². The predicted octanol–water partition coefficient (Wildman–Crippen LogP) is 3.68. The van der Waals surface area contributed by atoms with Crippen LogP contribution in [0.15, 0.2) is 0 Å². The zero-order valence-electron chi connectivity index (χ0n) is 11.7. The van der Waals surface area contributed by atoms with Crippen LogP contribution in [0.3, 0.4) is 0 Å². The van der Waals surface area contributed by atoms with Crippen LogP contribution in [0.25, 0.3) is 0 Å². The lowest BCUT2D eigenvalue weighted by atomic mass is 10.0. The molecule has 0 aliphatic carbocycles. The van der Waals surface area contributed by atoms with E-state index in [1.165, 1.54) is 38.6 Å². The van der Waals surface area contributed by atoms with Crippen LogP contribution in [0.4, 0.5) is 0 Å². The Hall–Kier alpha value is 0.210. The number of nitrogens with zero attached hydrogens (tertiary/aromatic N) is 1. The molecule has 0 aromatic heterocycles. The average Bonchev–Trinajstić information content (AvgIpc) is 2.26. The Morgan fingerprint density at radius 1 is 1.24 bits per heavy atom. The van der Waals surface area contributed by atoms with Gasteiger partial charge in [-0.3, -0.25) is 4.90 Å². The first-order chi connectivity index (χ1) is 8.07. The lowest BCUT2D eigenvalue weighted by molar-refractivity contribution is -0.127. The molecule has 0 aromatic rings. The molecule has 102 valence electrons. The first kappa shape index (κ1) is 15.3. The Balaban J connectivity index is 2.23. The molecule has 1 rings (SSSR count). The van der Waals surface area contributed by atoms with Gasteiger partial charge >= 0.3 is 0 Å². The maximum atomic E-state index is 5.92. The summed E-state index contributed by atoms with van der Waals surface area (Å²) in [7, 11) is 0. The van der Waals surface area contributed by atoms with Crippen LogP contribution in [0, 0.1) is 0 Å². The van der Waals surface area contributed by atoms with Crippen LogP contribution in [0.2, 0.25) is 0 Å². The van der Waals surface area contributed by atoms with Crippen molar-refractivity contribution in [2.24, 2.45) is 0 Å². The van der Waals surface area contributed by atoms with Gasteiger partial charge in [0.25, 0.3) is 0 Å². The molecule has 0 bridgehead atoms. The lowest BCUT2D eigenvalue weighted by Crippen LogP contribution is -2.53. The zero-order chi connectivity index (χ0) is 12.7. The maximum Gasteiger partial charge on any atom is 0.0844 e. The molecule has 1 unspecified atom stereocenters. The molecule has 2 nitrogen and oxygen atoms in total. The van der Waals surface area contributed by atoms with Gasteiger partial charge in [0.1, 0.15) is 0 Å². The van der Waals surface area contributed by atoms with E-state index in [4.69, 9.17) is 16.3 Å². The van der Waals surface area contributed by atoms with Gasteiger partial charge < -0.3 is 4.74 Å². The van der Waals surface area contributed by atoms with E-state index in [2.05, 4.69) is 25.7 Å². The minimum Gasteiger partial charge on any atom is -0.368 e. The molecule has 1 aliphatic heterocycles. The molecule has 3 heteroatoms. The van der Waals surface area contributed by atoms with Crippen molar-refractivity contribution in [2.45, 2.75) is 64.6 Å². The first-order valence-corrected chi connectivity index (χ1v) is 7.57. The Morgan fingerprint density at radius 2 is 1.94 bits per heavy atom. The standard InChI is InChI=1S/C14H28ClNO/c1-4-5-6-7-8-9-16-11-13(10-15)17-14(2,3)12-16/h13H,4-12H2,1-3H3. The normalized spacial score (nSPS) is 25.1. The van der Waals surface area contributed by atoms with Crippen molar-refractivity contribution in [2.75, 3.05) is 25.5 Å². The van der Waals surface area contributed by atoms with Gasteiger partial charge in [0.15, 0.2) is 0 Å². The molecule has 1 saturated heterocycles. The van der Waals surface area contributed by atoms with Crippen molar-refractivity contribution in [3.63, 3.8) is 0 Å². The van der Waals surface area contributed by atoms with E-state index < -0.39 is 0 Å². The van der Waals surface area contributed by atoms with Gasteiger partial charge in [0.05, 0.1) is 11.7 Å². The number of unbranched alkanes of at least 4 members (excludes halogenated alkanes) is 4. The highest BCUT2D eigenvalue weighted by Gasteiger charge is 2.32. The molecule has 0 amide bonds. The van der Waals surface area contributed by atoms with E-state index in [-0.39, 0.29) is 11.7 Å². The van der Waals surface area contributed by atoms with E-state index >= 15 is 0 Å². The topological polar surface area (TPSA) is 12.5 Å². The number of morpholine rings is 1.